The van der Waals surface area contributed by atoms with E-state index in [1.165, 1.54) is 17.6 Å². The van der Waals surface area contributed by atoms with Crippen molar-refractivity contribution in [3.05, 3.63) is 58.5 Å². The maximum Gasteiger partial charge on any atom is 0.260 e. The molecule has 0 saturated heterocycles. The number of anilines is 1. The molecule has 3 aromatic rings. The molecular weight excluding hydrogens is 406 g/mol. The summed E-state index contributed by atoms with van der Waals surface area (Å²) in [7, 11) is 0. The van der Waals surface area contributed by atoms with Gasteiger partial charge in [0, 0.05) is 11.9 Å². The first-order valence-corrected chi connectivity index (χ1v) is 10.4. The van der Waals surface area contributed by atoms with Gasteiger partial charge >= 0.3 is 0 Å². The minimum atomic E-state index is -0.286. The number of hydrogen-bond donors (Lipinski definition) is 2. The van der Waals surface area contributed by atoms with E-state index in [-0.39, 0.29) is 18.2 Å². The van der Waals surface area contributed by atoms with Gasteiger partial charge in [-0.2, -0.15) is 0 Å². The third-order valence-corrected chi connectivity index (χ3v) is 5.37. The number of nitrogens with zero attached hydrogens (tertiary/aromatic N) is 1. The molecule has 0 unspecified atom stereocenters. The van der Waals surface area contributed by atoms with Gasteiger partial charge < -0.3 is 19.2 Å². The number of carbonyl (C=O) groups excluding carboxylic acids is 2. The Morgan fingerprint density at radius 3 is 2.80 bits per heavy atom. The summed E-state index contributed by atoms with van der Waals surface area (Å²) in [4.78, 5) is 28.7. The Bertz CT molecular complexity index is 1060. The number of aryl methyl sites for hydroxylation is 1. The smallest absolute Gasteiger partial charge is 0.260 e. The van der Waals surface area contributed by atoms with E-state index in [1.54, 1.807) is 18.4 Å². The van der Waals surface area contributed by atoms with Gasteiger partial charge in [0.05, 0.1) is 23.9 Å². The molecule has 2 amide bonds. The minimum Gasteiger partial charge on any atom is -0.486 e. The van der Waals surface area contributed by atoms with Crippen molar-refractivity contribution < 1.29 is 23.5 Å². The summed E-state index contributed by atoms with van der Waals surface area (Å²) >= 11 is 1.28. The van der Waals surface area contributed by atoms with Crippen molar-refractivity contribution in [2.24, 2.45) is 0 Å². The SMILES string of the molecule is Cc1occc1C(=O)Nc1nc(CC(=O)NCCc2ccc3c(c2)OCCO3)cs1. The van der Waals surface area contributed by atoms with Crippen LogP contribution in [0.2, 0.25) is 0 Å². The Balaban J connectivity index is 1.24. The van der Waals surface area contributed by atoms with E-state index in [0.717, 1.165) is 17.1 Å². The standard InChI is InChI=1S/C21H21N3O5S/c1-13-16(5-7-27-13)20(26)24-21-23-15(12-30-21)11-19(25)22-6-4-14-2-3-17-18(10-14)29-9-8-28-17/h2-3,5,7,10,12H,4,6,8-9,11H2,1H3,(H,22,25)(H,23,24,26). The van der Waals surface area contributed by atoms with E-state index in [9.17, 15) is 9.59 Å². The zero-order chi connectivity index (χ0) is 20.9. The first-order chi connectivity index (χ1) is 14.6. The van der Waals surface area contributed by atoms with Crippen molar-refractivity contribution >= 4 is 28.3 Å². The van der Waals surface area contributed by atoms with Crippen LogP contribution in [0.3, 0.4) is 0 Å². The van der Waals surface area contributed by atoms with Gasteiger partial charge in [0.15, 0.2) is 16.6 Å². The van der Waals surface area contributed by atoms with Gasteiger partial charge in [-0.25, -0.2) is 4.98 Å². The molecule has 1 aliphatic heterocycles. The summed E-state index contributed by atoms with van der Waals surface area (Å²) in [5.41, 5.74) is 2.13. The summed E-state index contributed by atoms with van der Waals surface area (Å²) < 4.78 is 16.2. The Morgan fingerprint density at radius 2 is 2.00 bits per heavy atom. The second kappa shape index (κ2) is 9.00. The normalized spacial score (nSPS) is 12.4. The molecule has 30 heavy (non-hydrogen) atoms. The van der Waals surface area contributed by atoms with Crippen LogP contribution in [0.15, 0.2) is 40.3 Å². The summed E-state index contributed by atoms with van der Waals surface area (Å²) in [6.07, 6.45) is 2.30. The Kier molecular flexibility index (Phi) is 5.99. The first-order valence-electron chi connectivity index (χ1n) is 9.53. The molecule has 4 rings (SSSR count). The minimum absolute atomic E-state index is 0.124. The number of benzene rings is 1. The van der Waals surface area contributed by atoms with Crippen LogP contribution in [0, 0.1) is 6.92 Å². The molecule has 9 heteroatoms. The number of furan rings is 1. The molecule has 0 spiro atoms. The number of ether oxygens (including phenoxy) is 2. The third kappa shape index (κ3) is 4.80. The van der Waals surface area contributed by atoms with Crippen LogP contribution >= 0.6 is 11.3 Å². The molecular formula is C21H21N3O5S. The molecule has 0 radical (unpaired) electrons. The fourth-order valence-electron chi connectivity index (χ4n) is 3.05. The van der Waals surface area contributed by atoms with Gasteiger partial charge in [-0.05, 0) is 37.1 Å². The van der Waals surface area contributed by atoms with Crippen LogP contribution in [0.5, 0.6) is 11.5 Å². The number of nitrogens with one attached hydrogen (secondary N) is 2. The third-order valence-electron chi connectivity index (χ3n) is 4.56. The molecule has 0 fully saturated rings. The van der Waals surface area contributed by atoms with E-state index in [0.29, 0.717) is 48.3 Å². The topological polar surface area (TPSA) is 103 Å². The largest absolute Gasteiger partial charge is 0.486 e. The van der Waals surface area contributed by atoms with Crippen LogP contribution in [0.4, 0.5) is 5.13 Å². The van der Waals surface area contributed by atoms with Crippen molar-refractivity contribution in [2.45, 2.75) is 19.8 Å². The summed E-state index contributed by atoms with van der Waals surface area (Å²) in [5.74, 6) is 1.63. The summed E-state index contributed by atoms with van der Waals surface area (Å²) in [6.45, 7) is 3.34. The predicted octanol–water partition coefficient (Wildman–Crippen LogP) is 2.97. The van der Waals surface area contributed by atoms with E-state index in [2.05, 4.69) is 15.6 Å². The van der Waals surface area contributed by atoms with Crippen molar-refractivity contribution in [2.75, 3.05) is 25.1 Å². The van der Waals surface area contributed by atoms with Gasteiger partial charge in [0.2, 0.25) is 5.91 Å². The average molecular weight is 427 g/mol. The van der Waals surface area contributed by atoms with Crippen LogP contribution < -0.4 is 20.1 Å². The van der Waals surface area contributed by atoms with Crippen LogP contribution in [0.1, 0.15) is 27.4 Å². The summed E-state index contributed by atoms with van der Waals surface area (Å²) in [5, 5.41) is 7.82. The van der Waals surface area contributed by atoms with E-state index < -0.39 is 0 Å². The average Bonchev–Trinajstić information content (AvgIpc) is 3.36. The number of carbonyl (C=O) groups is 2. The molecule has 2 aromatic heterocycles. The lowest BCUT2D eigenvalue weighted by Crippen LogP contribution is -2.27. The molecule has 1 aromatic carbocycles. The molecule has 0 aliphatic carbocycles. The monoisotopic (exact) mass is 427 g/mol. The highest BCUT2D eigenvalue weighted by Gasteiger charge is 2.15. The second-order valence-electron chi connectivity index (χ2n) is 6.74. The van der Waals surface area contributed by atoms with Gasteiger partial charge in [0.1, 0.15) is 19.0 Å². The zero-order valence-electron chi connectivity index (χ0n) is 16.4. The number of hydrogen-bond acceptors (Lipinski definition) is 7. The van der Waals surface area contributed by atoms with Gasteiger partial charge in [0.25, 0.3) is 5.91 Å². The zero-order valence-corrected chi connectivity index (χ0v) is 17.2. The number of aromatic nitrogens is 1. The molecule has 2 N–H and O–H groups in total. The van der Waals surface area contributed by atoms with E-state index >= 15 is 0 Å². The van der Waals surface area contributed by atoms with Crippen molar-refractivity contribution in [1.29, 1.82) is 0 Å². The number of amides is 2. The lowest BCUT2D eigenvalue weighted by Gasteiger charge is -2.18. The highest BCUT2D eigenvalue weighted by Crippen LogP contribution is 2.30. The van der Waals surface area contributed by atoms with Crippen molar-refractivity contribution in [3.8, 4) is 11.5 Å². The van der Waals surface area contributed by atoms with Gasteiger partial charge in [-0.1, -0.05) is 6.07 Å². The molecule has 3 heterocycles. The number of thiazole rings is 1. The van der Waals surface area contributed by atoms with Crippen molar-refractivity contribution in [1.82, 2.24) is 10.3 Å². The molecule has 1 aliphatic rings. The highest BCUT2D eigenvalue weighted by atomic mass is 32.1. The lowest BCUT2D eigenvalue weighted by atomic mass is 10.1. The Labute approximate surface area is 177 Å². The van der Waals surface area contributed by atoms with E-state index in [4.69, 9.17) is 13.9 Å². The second-order valence-corrected chi connectivity index (χ2v) is 7.60. The molecule has 8 nitrogen and oxygen atoms in total. The van der Waals surface area contributed by atoms with Gasteiger partial charge in [-0.3, -0.25) is 14.9 Å². The van der Waals surface area contributed by atoms with Crippen LogP contribution in [-0.4, -0.2) is 36.6 Å². The molecule has 156 valence electrons. The quantitative estimate of drug-likeness (QED) is 0.601. The Hall–Kier alpha value is -3.33. The maximum atomic E-state index is 12.2. The van der Waals surface area contributed by atoms with E-state index in [1.807, 2.05) is 18.2 Å². The fraction of sp³-hybridized carbons (Fsp3) is 0.286. The fourth-order valence-corrected chi connectivity index (χ4v) is 3.75. The lowest BCUT2D eigenvalue weighted by molar-refractivity contribution is -0.120. The number of fused-ring (bicyclic) bond motifs is 1. The molecule has 0 saturated carbocycles. The van der Waals surface area contributed by atoms with Crippen LogP contribution in [-0.2, 0) is 17.6 Å². The van der Waals surface area contributed by atoms with Gasteiger partial charge in [-0.15, -0.1) is 11.3 Å². The highest BCUT2D eigenvalue weighted by molar-refractivity contribution is 7.14. The summed E-state index contributed by atoms with van der Waals surface area (Å²) in [6, 6.07) is 7.41. The molecule has 0 atom stereocenters. The molecule has 0 bridgehead atoms. The van der Waals surface area contributed by atoms with Crippen molar-refractivity contribution in [3.63, 3.8) is 0 Å². The Morgan fingerprint density at radius 1 is 1.17 bits per heavy atom. The first kappa shape index (κ1) is 20.0. The van der Waals surface area contributed by atoms with Crippen LogP contribution in [0.25, 0.3) is 0 Å². The number of rotatable bonds is 7. The maximum absolute atomic E-state index is 12.2. The predicted molar refractivity (Wildman–Crippen MR) is 111 cm³/mol.